The number of carbonyl (C=O) groups is 1. The molecule has 0 aromatic carbocycles. The molecule has 0 radical (unpaired) electrons. The zero-order chi connectivity index (χ0) is 13.4. The van der Waals surface area contributed by atoms with Crippen LogP contribution >= 0.6 is 0 Å². The van der Waals surface area contributed by atoms with Crippen molar-refractivity contribution in [1.82, 2.24) is 10.2 Å². The Kier molecular flexibility index (Phi) is 3.70. The van der Waals surface area contributed by atoms with E-state index < -0.39 is 0 Å². The van der Waals surface area contributed by atoms with E-state index in [0.29, 0.717) is 25.0 Å². The number of hydrogen-bond donors (Lipinski definition) is 1. The fourth-order valence-corrected chi connectivity index (χ4v) is 3.14. The topological polar surface area (TPSA) is 41.6 Å². The molecule has 1 atom stereocenters. The molecule has 2 heterocycles. The molecule has 2 aliphatic rings. The second-order valence-electron chi connectivity index (χ2n) is 6.57. The summed E-state index contributed by atoms with van der Waals surface area (Å²) in [5, 5.41) is 3.36. The molecule has 0 saturated carbocycles. The van der Waals surface area contributed by atoms with Crippen LogP contribution in [0.1, 0.15) is 34.1 Å². The lowest BCUT2D eigenvalue weighted by Gasteiger charge is -2.43. The van der Waals surface area contributed by atoms with Gasteiger partial charge in [0.15, 0.2) is 0 Å². The maximum absolute atomic E-state index is 12.9. The molecule has 2 rings (SSSR count). The lowest BCUT2D eigenvalue weighted by Crippen LogP contribution is -2.56. The highest BCUT2D eigenvalue weighted by molar-refractivity contribution is 5.84. The van der Waals surface area contributed by atoms with Crippen molar-refractivity contribution in [1.29, 1.82) is 0 Å². The summed E-state index contributed by atoms with van der Waals surface area (Å²) in [5.41, 5.74) is -0.411. The van der Waals surface area contributed by atoms with E-state index in [1.165, 1.54) is 0 Å². The molecule has 18 heavy (non-hydrogen) atoms. The van der Waals surface area contributed by atoms with Gasteiger partial charge in [-0.3, -0.25) is 4.79 Å². The number of amides is 1. The van der Waals surface area contributed by atoms with E-state index in [4.69, 9.17) is 4.74 Å². The van der Waals surface area contributed by atoms with E-state index in [0.717, 1.165) is 26.1 Å². The van der Waals surface area contributed by atoms with Crippen molar-refractivity contribution in [2.24, 2.45) is 11.3 Å². The van der Waals surface area contributed by atoms with E-state index in [1.54, 1.807) is 0 Å². The van der Waals surface area contributed by atoms with Gasteiger partial charge in [-0.05, 0) is 32.7 Å². The fraction of sp³-hybridized carbons (Fsp3) is 0.929. The molecule has 0 bridgehead atoms. The van der Waals surface area contributed by atoms with E-state index >= 15 is 0 Å². The minimum atomic E-state index is -0.210. The molecule has 0 aromatic heterocycles. The molecule has 0 spiro atoms. The van der Waals surface area contributed by atoms with Gasteiger partial charge < -0.3 is 15.0 Å². The summed E-state index contributed by atoms with van der Waals surface area (Å²) >= 11 is 0. The van der Waals surface area contributed by atoms with Crippen molar-refractivity contribution < 1.29 is 9.53 Å². The molecule has 0 aliphatic carbocycles. The van der Waals surface area contributed by atoms with Gasteiger partial charge >= 0.3 is 0 Å². The molecule has 4 nitrogen and oxygen atoms in total. The van der Waals surface area contributed by atoms with Gasteiger partial charge in [0.1, 0.15) is 0 Å². The van der Waals surface area contributed by atoms with Crippen LogP contribution in [0.3, 0.4) is 0 Å². The van der Waals surface area contributed by atoms with E-state index in [1.807, 2.05) is 4.90 Å². The lowest BCUT2D eigenvalue weighted by molar-refractivity contribution is -0.157. The Balaban J connectivity index is 2.14. The average molecular weight is 254 g/mol. The largest absolute Gasteiger partial charge is 0.372 e. The average Bonchev–Trinajstić information content (AvgIpc) is 2.76. The quantitative estimate of drug-likeness (QED) is 0.806. The Morgan fingerprint density at radius 1 is 1.39 bits per heavy atom. The van der Waals surface area contributed by atoms with Gasteiger partial charge in [0, 0.05) is 19.6 Å². The van der Waals surface area contributed by atoms with E-state index in [2.05, 4.69) is 33.0 Å². The van der Waals surface area contributed by atoms with Gasteiger partial charge in [-0.2, -0.15) is 0 Å². The lowest BCUT2D eigenvalue weighted by atomic mass is 9.75. The summed E-state index contributed by atoms with van der Waals surface area (Å²) in [7, 11) is 0. The van der Waals surface area contributed by atoms with Crippen LogP contribution in [-0.4, -0.2) is 49.2 Å². The van der Waals surface area contributed by atoms with Crippen molar-refractivity contribution in [3.05, 3.63) is 0 Å². The standard InChI is InChI=1S/C14H26N2O2/c1-11(2)14(5-6-15-9-14)12(17)16-7-8-18-13(3,4)10-16/h11,15H,5-10H2,1-4H3. The predicted molar refractivity (Wildman–Crippen MR) is 71.4 cm³/mol. The first-order chi connectivity index (χ1) is 8.37. The van der Waals surface area contributed by atoms with Gasteiger partial charge in [0.25, 0.3) is 0 Å². The Morgan fingerprint density at radius 2 is 2.11 bits per heavy atom. The van der Waals surface area contributed by atoms with Crippen LogP contribution in [0.15, 0.2) is 0 Å². The van der Waals surface area contributed by atoms with Crippen LogP contribution in [0, 0.1) is 11.3 Å². The highest BCUT2D eigenvalue weighted by atomic mass is 16.5. The van der Waals surface area contributed by atoms with Crippen molar-refractivity contribution in [2.45, 2.75) is 39.7 Å². The number of nitrogens with one attached hydrogen (secondary N) is 1. The number of carbonyl (C=O) groups excluding carboxylic acids is 1. The van der Waals surface area contributed by atoms with Crippen LogP contribution in [0.5, 0.6) is 0 Å². The smallest absolute Gasteiger partial charge is 0.230 e. The first kappa shape index (κ1) is 13.8. The number of morpholine rings is 1. The molecule has 1 N–H and O–H groups in total. The second kappa shape index (κ2) is 4.82. The molecule has 0 aromatic rings. The second-order valence-corrected chi connectivity index (χ2v) is 6.57. The Labute approximate surface area is 110 Å². The monoisotopic (exact) mass is 254 g/mol. The summed E-state index contributed by atoms with van der Waals surface area (Å²) in [6, 6.07) is 0. The van der Waals surface area contributed by atoms with E-state index in [-0.39, 0.29) is 11.0 Å². The molecule has 4 heteroatoms. The molecule has 2 aliphatic heterocycles. The third-order valence-corrected chi connectivity index (χ3v) is 4.43. The van der Waals surface area contributed by atoms with Crippen LogP contribution in [0.25, 0.3) is 0 Å². The van der Waals surface area contributed by atoms with Crippen molar-refractivity contribution >= 4 is 5.91 Å². The molecule has 1 unspecified atom stereocenters. The molecule has 2 saturated heterocycles. The van der Waals surface area contributed by atoms with Crippen LogP contribution < -0.4 is 5.32 Å². The van der Waals surface area contributed by atoms with Crippen molar-refractivity contribution in [3.8, 4) is 0 Å². The zero-order valence-corrected chi connectivity index (χ0v) is 12.1. The molecular formula is C14H26N2O2. The fourth-order valence-electron chi connectivity index (χ4n) is 3.14. The maximum atomic E-state index is 12.9. The van der Waals surface area contributed by atoms with Gasteiger partial charge in [-0.1, -0.05) is 13.8 Å². The molecule has 1 amide bonds. The SMILES string of the molecule is CC(C)C1(C(=O)N2CCOC(C)(C)C2)CCNC1. The Hall–Kier alpha value is -0.610. The third-order valence-electron chi connectivity index (χ3n) is 4.43. The Morgan fingerprint density at radius 3 is 2.61 bits per heavy atom. The molecular weight excluding hydrogens is 228 g/mol. The summed E-state index contributed by atoms with van der Waals surface area (Å²) in [4.78, 5) is 14.9. The first-order valence-electron chi connectivity index (χ1n) is 7.01. The first-order valence-corrected chi connectivity index (χ1v) is 7.01. The molecule has 2 fully saturated rings. The minimum absolute atomic E-state index is 0.201. The highest BCUT2D eigenvalue weighted by Gasteiger charge is 2.47. The summed E-state index contributed by atoms with van der Waals surface area (Å²) in [6.45, 7) is 12.3. The predicted octanol–water partition coefficient (Wildman–Crippen LogP) is 1.26. The number of ether oxygens (including phenoxy) is 1. The third kappa shape index (κ3) is 2.41. The van der Waals surface area contributed by atoms with Gasteiger partial charge in [0.05, 0.1) is 17.6 Å². The maximum Gasteiger partial charge on any atom is 0.230 e. The van der Waals surface area contributed by atoms with Crippen molar-refractivity contribution in [2.75, 3.05) is 32.8 Å². The van der Waals surface area contributed by atoms with Crippen LogP contribution in [-0.2, 0) is 9.53 Å². The van der Waals surface area contributed by atoms with Gasteiger partial charge in [-0.15, -0.1) is 0 Å². The van der Waals surface area contributed by atoms with Crippen molar-refractivity contribution in [3.63, 3.8) is 0 Å². The van der Waals surface area contributed by atoms with Gasteiger partial charge in [-0.25, -0.2) is 0 Å². The van der Waals surface area contributed by atoms with E-state index in [9.17, 15) is 4.79 Å². The minimum Gasteiger partial charge on any atom is -0.372 e. The number of nitrogens with zero attached hydrogens (tertiary/aromatic N) is 1. The normalized spacial score (nSPS) is 31.9. The Bertz CT molecular complexity index is 320. The highest BCUT2D eigenvalue weighted by Crippen LogP contribution is 2.37. The summed E-state index contributed by atoms with van der Waals surface area (Å²) < 4.78 is 5.69. The molecule has 104 valence electrons. The number of hydrogen-bond acceptors (Lipinski definition) is 3. The summed E-state index contributed by atoms with van der Waals surface area (Å²) in [6.07, 6.45) is 0.960. The van der Waals surface area contributed by atoms with Gasteiger partial charge in [0.2, 0.25) is 5.91 Å². The number of rotatable bonds is 2. The van der Waals surface area contributed by atoms with Crippen LogP contribution in [0.2, 0.25) is 0 Å². The summed E-state index contributed by atoms with van der Waals surface area (Å²) in [5.74, 6) is 0.699. The van der Waals surface area contributed by atoms with Crippen LogP contribution in [0.4, 0.5) is 0 Å². The zero-order valence-electron chi connectivity index (χ0n) is 12.1.